The minimum Gasteiger partial charge on any atom is -0.313 e. The van der Waals surface area contributed by atoms with Gasteiger partial charge in [0, 0.05) is 13.1 Å². The average Bonchev–Trinajstić information content (AvgIpc) is 2.85. The Kier molecular flexibility index (Phi) is 6.52. The van der Waals surface area contributed by atoms with Gasteiger partial charge < -0.3 is 5.32 Å². The normalized spacial score (nSPS) is 11.7. The van der Waals surface area contributed by atoms with Crippen molar-refractivity contribution in [1.82, 2.24) is 9.62 Å². The van der Waals surface area contributed by atoms with Crippen LogP contribution in [0.4, 0.5) is 0 Å². The zero-order valence-corrected chi connectivity index (χ0v) is 13.0. The van der Waals surface area contributed by atoms with Gasteiger partial charge in [0.15, 0.2) is 0 Å². The van der Waals surface area contributed by atoms with Gasteiger partial charge >= 0.3 is 0 Å². The summed E-state index contributed by atoms with van der Waals surface area (Å²) < 4.78 is 26.6. The lowest BCUT2D eigenvalue weighted by molar-refractivity contribution is 0.447. The molecule has 0 aliphatic carbocycles. The largest absolute Gasteiger partial charge is 0.313 e. The van der Waals surface area contributed by atoms with Crippen LogP contribution in [0.2, 0.25) is 0 Å². The van der Waals surface area contributed by atoms with E-state index in [2.05, 4.69) is 11.2 Å². The summed E-state index contributed by atoms with van der Waals surface area (Å²) in [5.74, 6) is 2.41. The summed E-state index contributed by atoms with van der Waals surface area (Å²) in [4.78, 5) is 0. The van der Waals surface area contributed by atoms with Gasteiger partial charge in [0.05, 0.1) is 6.54 Å². The number of terminal acetylenes is 1. The maximum atomic E-state index is 12.4. The van der Waals surface area contributed by atoms with Crippen molar-refractivity contribution in [3.8, 4) is 12.3 Å². The quantitative estimate of drug-likeness (QED) is 0.746. The van der Waals surface area contributed by atoms with Crippen LogP contribution in [0.3, 0.4) is 0 Å². The molecule has 6 heteroatoms. The highest BCUT2D eigenvalue weighted by Gasteiger charge is 2.24. The predicted octanol–water partition coefficient (Wildman–Crippen LogP) is 1.89. The Morgan fingerprint density at radius 1 is 1.47 bits per heavy atom. The second-order valence-corrected chi connectivity index (χ2v) is 7.17. The molecule has 0 bridgehead atoms. The maximum absolute atomic E-state index is 12.4. The first-order valence-electron chi connectivity index (χ1n) is 6.28. The van der Waals surface area contributed by atoms with E-state index in [0.717, 1.165) is 18.5 Å². The molecular formula is C13H20N2O2S2. The number of thiophene rings is 1. The van der Waals surface area contributed by atoms with Gasteiger partial charge in [-0.2, -0.15) is 4.31 Å². The van der Waals surface area contributed by atoms with Crippen molar-refractivity contribution in [2.45, 2.75) is 31.0 Å². The summed E-state index contributed by atoms with van der Waals surface area (Å²) >= 11 is 1.25. The summed E-state index contributed by atoms with van der Waals surface area (Å²) in [5.41, 5.74) is 0.989. The van der Waals surface area contributed by atoms with Crippen molar-refractivity contribution < 1.29 is 8.42 Å². The van der Waals surface area contributed by atoms with Gasteiger partial charge in [0.2, 0.25) is 0 Å². The molecule has 1 aromatic heterocycles. The molecule has 1 N–H and O–H groups in total. The second kappa shape index (κ2) is 7.65. The number of nitrogens with zero attached hydrogens (tertiary/aromatic N) is 1. The van der Waals surface area contributed by atoms with E-state index in [9.17, 15) is 8.42 Å². The third-order valence-corrected chi connectivity index (χ3v) is 5.85. The van der Waals surface area contributed by atoms with Gasteiger partial charge in [0.25, 0.3) is 10.0 Å². The Labute approximate surface area is 119 Å². The Morgan fingerprint density at radius 3 is 2.79 bits per heavy atom. The molecule has 0 unspecified atom stereocenters. The molecule has 0 saturated carbocycles. The van der Waals surface area contributed by atoms with Crippen LogP contribution >= 0.6 is 11.3 Å². The van der Waals surface area contributed by atoms with Gasteiger partial charge in [-0.3, -0.25) is 0 Å². The topological polar surface area (TPSA) is 49.4 Å². The molecule has 0 aromatic carbocycles. The van der Waals surface area contributed by atoms with Gasteiger partial charge in [-0.25, -0.2) is 8.42 Å². The third kappa shape index (κ3) is 4.32. The summed E-state index contributed by atoms with van der Waals surface area (Å²) in [5, 5.41) is 5.05. The number of hydrogen-bond acceptors (Lipinski definition) is 4. The Balaban J connectivity index is 2.91. The molecule has 1 rings (SSSR count). The van der Waals surface area contributed by atoms with Crippen LogP contribution < -0.4 is 5.32 Å². The fraction of sp³-hybridized carbons (Fsp3) is 0.538. The van der Waals surface area contributed by atoms with Gasteiger partial charge in [-0.15, -0.1) is 17.8 Å². The fourth-order valence-electron chi connectivity index (χ4n) is 1.61. The van der Waals surface area contributed by atoms with E-state index in [1.54, 1.807) is 6.07 Å². The molecule has 0 aliphatic rings. The minimum atomic E-state index is -3.45. The highest BCUT2D eigenvalue weighted by molar-refractivity contribution is 7.91. The summed E-state index contributed by atoms with van der Waals surface area (Å²) in [6.07, 6.45) is 5.99. The monoisotopic (exact) mass is 300 g/mol. The minimum absolute atomic E-state index is 0.122. The Hall–Kier alpha value is -0.870. The van der Waals surface area contributed by atoms with Crippen LogP contribution in [-0.4, -0.2) is 32.4 Å². The van der Waals surface area contributed by atoms with E-state index in [1.807, 2.05) is 19.2 Å². The van der Waals surface area contributed by atoms with Gasteiger partial charge in [-0.1, -0.05) is 19.8 Å². The van der Waals surface area contributed by atoms with Crippen molar-refractivity contribution in [2.75, 3.05) is 19.6 Å². The van der Waals surface area contributed by atoms with Crippen LogP contribution in [-0.2, 0) is 16.6 Å². The molecule has 0 atom stereocenters. The zero-order chi connectivity index (χ0) is 14.3. The molecular weight excluding hydrogens is 280 g/mol. The van der Waals surface area contributed by atoms with E-state index in [0.29, 0.717) is 17.3 Å². The molecule has 0 fully saturated rings. The van der Waals surface area contributed by atoms with Gasteiger partial charge in [0.1, 0.15) is 4.21 Å². The molecule has 0 radical (unpaired) electrons. The zero-order valence-electron chi connectivity index (χ0n) is 11.3. The molecule has 1 aromatic rings. The molecule has 0 aliphatic heterocycles. The van der Waals surface area contributed by atoms with E-state index in [1.165, 1.54) is 15.6 Å². The second-order valence-electron chi connectivity index (χ2n) is 4.10. The summed E-state index contributed by atoms with van der Waals surface area (Å²) in [7, 11) is -3.45. The summed E-state index contributed by atoms with van der Waals surface area (Å²) in [6.45, 7) is 6.07. The molecule has 0 amide bonds. The SMILES string of the molecule is C#CCN(CCC)S(=O)(=O)c1cc(CNCC)cs1. The lowest BCUT2D eigenvalue weighted by Crippen LogP contribution is -2.31. The van der Waals surface area contributed by atoms with Crippen LogP contribution in [0, 0.1) is 12.3 Å². The predicted molar refractivity (Wildman–Crippen MR) is 79.6 cm³/mol. The standard InChI is InChI=1S/C13H20N2O2S2/c1-4-7-15(8-5-2)19(16,17)13-9-12(11-18-13)10-14-6-3/h1,9,11,14H,5-8,10H2,2-3H3. The van der Waals surface area contributed by atoms with Crippen molar-refractivity contribution >= 4 is 21.4 Å². The molecule has 0 saturated heterocycles. The first-order valence-corrected chi connectivity index (χ1v) is 8.60. The molecule has 19 heavy (non-hydrogen) atoms. The Morgan fingerprint density at radius 2 is 2.21 bits per heavy atom. The van der Waals surface area contributed by atoms with Crippen molar-refractivity contribution in [2.24, 2.45) is 0 Å². The van der Waals surface area contributed by atoms with Crippen LogP contribution in [0.1, 0.15) is 25.8 Å². The molecule has 0 spiro atoms. The first kappa shape index (κ1) is 16.2. The molecule has 4 nitrogen and oxygen atoms in total. The Bertz CT molecular complexity index is 529. The van der Waals surface area contributed by atoms with E-state index in [-0.39, 0.29) is 6.54 Å². The van der Waals surface area contributed by atoms with E-state index < -0.39 is 10.0 Å². The number of sulfonamides is 1. The van der Waals surface area contributed by atoms with Crippen molar-refractivity contribution in [3.63, 3.8) is 0 Å². The van der Waals surface area contributed by atoms with Crippen LogP contribution in [0.5, 0.6) is 0 Å². The van der Waals surface area contributed by atoms with Gasteiger partial charge in [-0.05, 0) is 30.0 Å². The highest BCUT2D eigenvalue weighted by Crippen LogP contribution is 2.24. The molecule has 1 heterocycles. The van der Waals surface area contributed by atoms with Crippen LogP contribution in [0.25, 0.3) is 0 Å². The number of hydrogen-bond donors (Lipinski definition) is 1. The lowest BCUT2D eigenvalue weighted by atomic mass is 10.3. The smallest absolute Gasteiger partial charge is 0.253 e. The lowest BCUT2D eigenvalue weighted by Gasteiger charge is -2.17. The third-order valence-electron chi connectivity index (χ3n) is 2.54. The van der Waals surface area contributed by atoms with Crippen molar-refractivity contribution in [3.05, 3.63) is 17.0 Å². The van der Waals surface area contributed by atoms with Crippen molar-refractivity contribution in [1.29, 1.82) is 0 Å². The van der Waals surface area contributed by atoms with E-state index in [4.69, 9.17) is 6.42 Å². The maximum Gasteiger partial charge on any atom is 0.253 e. The first-order chi connectivity index (χ1) is 9.06. The summed E-state index contributed by atoms with van der Waals surface area (Å²) in [6, 6.07) is 1.72. The molecule has 106 valence electrons. The highest BCUT2D eigenvalue weighted by atomic mass is 32.2. The fourth-order valence-corrected chi connectivity index (χ4v) is 4.42. The van der Waals surface area contributed by atoms with Crippen LogP contribution in [0.15, 0.2) is 15.7 Å². The number of nitrogens with one attached hydrogen (secondary N) is 1. The number of rotatable bonds is 8. The average molecular weight is 300 g/mol. The van der Waals surface area contributed by atoms with E-state index >= 15 is 0 Å².